The Bertz CT molecular complexity index is 716. The number of methoxy groups -OCH3 is 1. The second-order valence-corrected chi connectivity index (χ2v) is 5.60. The van der Waals surface area contributed by atoms with Crippen LogP contribution < -0.4 is 10.1 Å². The Hall–Kier alpha value is -2.89. The van der Waals surface area contributed by atoms with E-state index in [9.17, 15) is 9.59 Å². The number of carbonyl (C=O) groups is 2. The molecular weight excluding hydrogens is 306 g/mol. The molecule has 1 fully saturated rings. The summed E-state index contributed by atoms with van der Waals surface area (Å²) in [6.45, 7) is 0.567. The zero-order valence-electron chi connectivity index (χ0n) is 13.4. The average molecular weight is 325 g/mol. The van der Waals surface area contributed by atoms with E-state index in [1.165, 1.54) is 13.3 Å². The number of anilines is 1. The molecule has 0 aliphatic carbocycles. The van der Waals surface area contributed by atoms with Gasteiger partial charge in [0, 0.05) is 24.5 Å². The molecule has 2 aromatic rings. The lowest BCUT2D eigenvalue weighted by Gasteiger charge is -2.24. The highest BCUT2D eigenvalue weighted by atomic mass is 16.5. The number of hydrogen-bond donors (Lipinski definition) is 1. The fraction of sp³-hybridized carbons (Fsp3) is 0.278. The summed E-state index contributed by atoms with van der Waals surface area (Å²) in [4.78, 5) is 30.9. The fourth-order valence-corrected chi connectivity index (χ4v) is 2.82. The summed E-state index contributed by atoms with van der Waals surface area (Å²) in [5.74, 6) is 0.107. The fourth-order valence-electron chi connectivity index (χ4n) is 2.82. The molecule has 1 saturated heterocycles. The molecule has 2 heterocycles. The minimum atomic E-state index is -0.459. The van der Waals surface area contributed by atoms with Gasteiger partial charge in [-0.3, -0.25) is 9.59 Å². The summed E-state index contributed by atoms with van der Waals surface area (Å²) in [6, 6.07) is 12.1. The zero-order valence-corrected chi connectivity index (χ0v) is 13.4. The maximum absolute atomic E-state index is 12.7. The van der Waals surface area contributed by atoms with Gasteiger partial charge in [0.2, 0.25) is 11.8 Å². The second-order valence-electron chi connectivity index (χ2n) is 5.60. The molecule has 6 nitrogen and oxygen atoms in total. The largest absolute Gasteiger partial charge is 0.481 e. The van der Waals surface area contributed by atoms with Gasteiger partial charge in [0.15, 0.2) is 0 Å². The number of aromatic nitrogens is 1. The first-order valence-corrected chi connectivity index (χ1v) is 7.86. The standard InChI is InChI=1S/C18H19N3O3/c1-24-16-10-9-13(12-19-16)18(23)21-11-5-8-15(21)17(22)20-14-6-3-2-4-7-14/h2-4,6-7,9-10,12,15H,5,8,11H2,1H3,(H,20,22). The number of nitrogens with one attached hydrogen (secondary N) is 1. The third-order valence-electron chi connectivity index (χ3n) is 4.05. The third-order valence-corrected chi connectivity index (χ3v) is 4.05. The number of rotatable bonds is 4. The maximum Gasteiger partial charge on any atom is 0.256 e. The highest BCUT2D eigenvalue weighted by molar-refractivity contribution is 6.01. The normalized spacial score (nSPS) is 16.7. The number of benzene rings is 1. The summed E-state index contributed by atoms with van der Waals surface area (Å²) in [5.41, 5.74) is 1.18. The van der Waals surface area contributed by atoms with Crippen LogP contribution in [0.1, 0.15) is 23.2 Å². The lowest BCUT2D eigenvalue weighted by molar-refractivity contribution is -0.119. The molecule has 2 amide bonds. The van der Waals surface area contributed by atoms with Crippen LogP contribution in [0.2, 0.25) is 0 Å². The third kappa shape index (κ3) is 3.37. The minimum Gasteiger partial charge on any atom is -0.481 e. The molecule has 1 atom stereocenters. The molecule has 1 unspecified atom stereocenters. The van der Waals surface area contributed by atoms with E-state index < -0.39 is 6.04 Å². The molecule has 3 rings (SSSR count). The molecule has 0 spiro atoms. The number of carbonyl (C=O) groups excluding carboxylic acids is 2. The molecule has 0 saturated carbocycles. The number of para-hydroxylation sites is 1. The van der Waals surface area contributed by atoms with E-state index in [0.717, 1.165) is 12.1 Å². The number of pyridine rings is 1. The number of ether oxygens (including phenoxy) is 1. The predicted molar refractivity (Wildman–Crippen MR) is 89.9 cm³/mol. The SMILES string of the molecule is COc1ccc(C(=O)N2CCCC2C(=O)Nc2ccccc2)cn1. The van der Waals surface area contributed by atoms with E-state index in [1.54, 1.807) is 17.0 Å². The molecule has 124 valence electrons. The molecule has 1 aliphatic rings. The Labute approximate surface area is 140 Å². The van der Waals surface area contributed by atoms with E-state index in [4.69, 9.17) is 4.74 Å². The predicted octanol–water partition coefficient (Wildman–Crippen LogP) is 2.33. The van der Waals surface area contributed by atoms with Crippen LogP contribution in [0, 0.1) is 0 Å². The molecular formula is C18H19N3O3. The van der Waals surface area contributed by atoms with Gasteiger partial charge in [-0.15, -0.1) is 0 Å². The van der Waals surface area contributed by atoms with Gasteiger partial charge < -0.3 is 15.0 Å². The molecule has 6 heteroatoms. The van der Waals surface area contributed by atoms with Gasteiger partial charge in [-0.1, -0.05) is 18.2 Å². The Morgan fingerprint density at radius 3 is 2.67 bits per heavy atom. The molecule has 1 aromatic carbocycles. The lowest BCUT2D eigenvalue weighted by Crippen LogP contribution is -2.43. The van der Waals surface area contributed by atoms with Crippen molar-refractivity contribution in [1.82, 2.24) is 9.88 Å². The number of nitrogens with zero attached hydrogens (tertiary/aromatic N) is 2. The summed E-state index contributed by atoms with van der Waals surface area (Å²) in [7, 11) is 1.52. The Balaban J connectivity index is 1.72. The summed E-state index contributed by atoms with van der Waals surface area (Å²) in [6.07, 6.45) is 2.95. The molecule has 0 radical (unpaired) electrons. The lowest BCUT2D eigenvalue weighted by atomic mass is 10.1. The molecule has 1 aliphatic heterocycles. The Kier molecular flexibility index (Phi) is 4.74. The van der Waals surface area contributed by atoms with Crippen molar-refractivity contribution >= 4 is 17.5 Å². The second kappa shape index (κ2) is 7.12. The van der Waals surface area contributed by atoms with E-state index in [1.807, 2.05) is 30.3 Å². The van der Waals surface area contributed by atoms with E-state index >= 15 is 0 Å². The van der Waals surface area contributed by atoms with Crippen molar-refractivity contribution in [3.8, 4) is 5.88 Å². The highest BCUT2D eigenvalue weighted by Crippen LogP contribution is 2.22. The van der Waals surface area contributed by atoms with E-state index in [2.05, 4.69) is 10.3 Å². The maximum atomic E-state index is 12.7. The van der Waals surface area contributed by atoms with E-state index in [-0.39, 0.29) is 11.8 Å². The van der Waals surface area contributed by atoms with Gasteiger partial charge >= 0.3 is 0 Å². The van der Waals surface area contributed by atoms with Gasteiger partial charge in [0.05, 0.1) is 12.7 Å². The van der Waals surface area contributed by atoms with Crippen LogP contribution in [-0.2, 0) is 4.79 Å². The average Bonchev–Trinajstić information content (AvgIpc) is 3.12. The van der Waals surface area contributed by atoms with Crippen LogP contribution in [-0.4, -0.2) is 41.4 Å². The van der Waals surface area contributed by atoms with Gasteiger partial charge in [-0.2, -0.15) is 0 Å². The van der Waals surface area contributed by atoms with Crippen molar-refractivity contribution in [3.05, 3.63) is 54.2 Å². The summed E-state index contributed by atoms with van der Waals surface area (Å²) >= 11 is 0. The van der Waals surface area contributed by atoms with Crippen molar-refractivity contribution < 1.29 is 14.3 Å². The first-order valence-electron chi connectivity index (χ1n) is 7.86. The van der Waals surface area contributed by atoms with Crippen molar-refractivity contribution in [1.29, 1.82) is 0 Å². The van der Waals surface area contributed by atoms with Crippen molar-refractivity contribution in [2.24, 2.45) is 0 Å². The van der Waals surface area contributed by atoms with Crippen LogP contribution in [0.4, 0.5) is 5.69 Å². The van der Waals surface area contributed by atoms with Gasteiger partial charge in [0.1, 0.15) is 6.04 Å². The van der Waals surface area contributed by atoms with Crippen LogP contribution in [0.25, 0.3) is 0 Å². The quantitative estimate of drug-likeness (QED) is 0.936. The monoisotopic (exact) mass is 325 g/mol. The first kappa shape index (κ1) is 16.0. The van der Waals surface area contributed by atoms with Crippen LogP contribution in [0.5, 0.6) is 5.88 Å². The van der Waals surface area contributed by atoms with Gasteiger partial charge in [0.25, 0.3) is 5.91 Å². The van der Waals surface area contributed by atoms with E-state index in [0.29, 0.717) is 24.4 Å². The summed E-state index contributed by atoms with van der Waals surface area (Å²) < 4.78 is 5.00. The van der Waals surface area contributed by atoms with Crippen LogP contribution in [0.15, 0.2) is 48.7 Å². The zero-order chi connectivity index (χ0) is 16.9. The van der Waals surface area contributed by atoms with Crippen molar-refractivity contribution in [2.45, 2.75) is 18.9 Å². The number of amides is 2. The highest BCUT2D eigenvalue weighted by Gasteiger charge is 2.34. The Morgan fingerprint density at radius 2 is 2.00 bits per heavy atom. The topological polar surface area (TPSA) is 71.5 Å². The molecule has 24 heavy (non-hydrogen) atoms. The smallest absolute Gasteiger partial charge is 0.256 e. The minimum absolute atomic E-state index is 0.159. The number of likely N-dealkylation sites (tertiary alicyclic amines) is 1. The van der Waals surface area contributed by atoms with Crippen LogP contribution in [0.3, 0.4) is 0 Å². The Morgan fingerprint density at radius 1 is 1.21 bits per heavy atom. The first-order chi connectivity index (χ1) is 11.7. The van der Waals surface area contributed by atoms with Crippen molar-refractivity contribution in [3.63, 3.8) is 0 Å². The molecule has 0 bridgehead atoms. The van der Waals surface area contributed by atoms with Crippen molar-refractivity contribution in [2.75, 3.05) is 19.0 Å². The molecule has 1 aromatic heterocycles. The number of hydrogen-bond acceptors (Lipinski definition) is 4. The van der Waals surface area contributed by atoms with Gasteiger partial charge in [-0.25, -0.2) is 4.98 Å². The summed E-state index contributed by atoms with van der Waals surface area (Å²) in [5, 5.41) is 2.87. The van der Waals surface area contributed by atoms with Crippen LogP contribution >= 0.6 is 0 Å². The molecule has 1 N–H and O–H groups in total. The van der Waals surface area contributed by atoms with Gasteiger partial charge in [-0.05, 0) is 31.0 Å².